The summed E-state index contributed by atoms with van der Waals surface area (Å²) in [4.78, 5) is 6.87. The van der Waals surface area contributed by atoms with Crippen molar-refractivity contribution in [3.05, 3.63) is 18.3 Å². The lowest BCUT2D eigenvalue weighted by Gasteiger charge is -2.31. The third-order valence-corrected chi connectivity index (χ3v) is 3.75. The Morgan fingerprint density at radius 3 is 3.00 bits per heavy atom. The first-order chi connectivity index (χ1) is 9.85. The van der Waals surface area contributed by atoms with E-state index in [0.717, 1.165) is 44.2 Å². The lowest BCUT2D eigenvalue weighted by atomic mass is 10.0. The molecule has 0 spiro atoms. The second kappa shape index (κ2) is 8.10. The van der Waals surface area contributed by atoms with Crippen molar-refractivity contribution >= 4 is 5.82 Å². The van der Waals surface area contributed by atoms with Crippen molar-refractivity contribution < 1.29 is 4.74 Å². The summed E-state index contributed by atoms with van der Waals surface area (Å²) in [5.74, 6) is 1.89. The molecular weight excluding hydrogens is 250 g/mol. The molecule has 0 radical (unpaired) electrons. The molecular formula is C16H27N3O. The molecule has 4 nitrogen and oxygen atoms in total. The molecule has 0 saturated carbocycles. The summed E-state index contributed by atoms with van der Waals surface area (Å²) in [5, 5.41) is 3.61. The van der Waals surface area contributed by atoms with Crippen LogP contribution in [0.4, 0.5) is 5.82 Å². The smallest absolute Gasteiger partial charge is 0.171 e. The van der Waals surface area contributed by atoms with Crippen molar-refractivity contribution in [3.63, 3.8) is 0 Å². The van der Waals surface area contributed by atoms with Gasteiger partial charge in [0.15, 0.2) is 11.6 Å². The van der Waals surface area contributed by atoms with Gasteiger partial charge in [-0.3, -0.25) is 0 Å². The zero-order valence-electron chi connectivity index (χ0n) is 12.8. The number of nitrogens with one attached hydrogen (secondary N) is 1. The molecule has 2 rings (SSSR count). The molecule has 0 aliphatic carbocycles. The SMILES string of the molecule is CCCOc1cccnc1N(CC)CC1CCCCN1. The van der Waals surface area contributed by atoms with Gasteiger partial charge in [-0.25, -0.2) is 4.98 Å². The van der Waals surface area contributed by atoms with Gasteiger partial charge in [0.05, 0.1) is 6.61 Å². The van der Waals surface area contributed by atoms with Gasteiger partial charge < -0.3 is 15.0 Å². The second-order valence-electron chi connectivity index (χ2n) is 5.36. The molecule has 20 heavy (non-hydrogen) atoms. The van der Waals surface area contributed by atoms with Crippen molar-refractivity contribution in [2.24, 2.45) is 0 Å². The molecule has 1 unspecified atom stereocenters. The molecule has 1 N–H and O–H groups in total. The van der Waals surface area contributed by atoms with Crippen LogP contribution in [0.15, 0.2) is 18.3 Å². The minimum atomic E-state index is 0.574. The highest BCUT2D eigenvalue weighted by atomic mass is 16.5. The monoisotopic (exact) mass is 277 g/mol. The van der Waals surface area contributed by atoms with Crippen molar-refractivity contribution in [2.75, 3.05) is 31.1 Å². The number of aromatic nitrogens is 1. The van der Waals surface area contributed by atoms with E-state index < -0.39 is 0 Å². The Labute approximate surface area is 122 Å². The van der Waals surface area contributed by atoms with E-state index in [-0.39, 0.29) is 0 Å². The minimum absolute atomic E-state index is 0.574. The Morgan fingerprint density at radius 1 is 1.40 bits per heavy atom. The predicted molar refractivity (Wildman–Crippen MR) is 83.6 cm³/mol. The number of pyridine rings is 1. The van der Waals surface area contributed by atoms with Crippen molar-refractivity contribution in [3.8, 4) is 5.75 Å². The van der Waals surface area contributed by atoms with E-state index in [1.54, 1.807) is 0 Å². The van der Waals surface area contributed by atoms with Crippen LogP contribution in [0, 0.1) is 0 Å². The van der Waals surface area contributed by atoms with Crippen LogP contribution in [-0.4, -0.2) is 37.3 Å². The number of anilines is 1. The van der Waals surface area contributed by atoms with E-state index in [9.17, 15) is 0 Å². The van der Waals surface area contributed by atoms with Gasteiger partial charge in [-0.05, 0) is 44.9 Å². The van der Waals surface area contributed by atoms with E-state index in [1.165, 1.54) is 19.3 Å². The Kier molecular flexibility index (Phi) is 6.12. The summed E-state index contributed by atoms with van der Waals surface area (Å²) in [6, 6.07) is 4.54. The van der Waals surface area contributed by atoms with Crippen molar-refractivity contribution in [2.45, 2.75) is 45.6 Å². The van der Waals surface area contributed by atoms with Crippen molar-refractivity contribution in [1.82, 2.24) is 10.3 Å². The molecule has 1 aromatic rings. The lowest BCUT2D eigenvalue weighted by Crippen LogP contribution is -2.44. The third-order valence-electron chi connectivity index (χ3n) is 3.75. The quantitative estimate of drug-likeness (QED) is 0.831. The largest absolute Gasteiger partial charge is 0.490 e. The molecule has 0 bridgehead atoms. The normalized spacial score (nSPS) is 18.8. The van der Waals surface area contributed by atoms with Crippen LogP contribution in [0.3, 0.4) is 0 Å². The maximum Gasteiger partial charge on any atom is 0.171 e. The topological polar surface area (TPSA) is 37.4 Å². The van der Waals surface area contributed by atoms with E-state index in [0.29, 0.717) is 6.04 Å². The number of hydrogen-bond acceptors (Lipinski definition) is 4. The molecule has 112 valence electrons. The van der Waals surface area contributed by atoms with Gasteiger partial charge in [0.25, 0.3) is 0 Å². The average molecular weight is 277 g/mol. The van der Waals surface area contributed by atoms with Crippen LogP contribution in [0.5, 0.6) is 5.75 Å². The number of piperidine rings is 1. The van der Waals surface area contributed by atoms with Gasteiger partial charge >= 0.3 is 0 Å². The first-order valence-corrected chi connectivity index (χ1v) is 7.91. The molecule has 1 aliphatic rings. The van der Waals surface area contributed by atoms with Crippen LogP contribution in [-0.2, 0) is 0 Å². The zero-order valence-corrected chi connectivity index (χ0v) is 12.8. The molecule has 1 aromatic heterocycles. The van der Waals surface area contributed by atoms with E-state index in [2.05, 4.69) is 29.0 Å². The number of ether oxygens (including phenoxy) is 1. The highest BCUT2D eigenvalue weighted by Crippen LogP contribution is 2.26. The fraction of sp³-hybridized carbons (Fsp3) is 0.688. The molecule has 0 amide bonds. The molecule has 4 heteroatoms. The van der Waals surface area contributed by atoms with Crippen molar-refractivity contribution in [1.29, 1.82) is 0 Å². The number of hydrogen-bond donors (Lipinski definition) is 1. The van der Waals surface area contributed by atoms with Gasteiger partial charge in [-0.1, -0.05) is 13.3 Å². The standard InChI is InChI=1S/C16H27N3O/c1-3-12-20-15-9-7-11-18-16(15)19(4-2)13-14-8-5-6-10-17-14/h7,9,11,14,17H,3-6,8,10,12-13H2,1-2H3. The van der Waals surface area contributed by atoms with Gasteiger partial charge in [-0.15, -0.1) is 0 Å². The fourth-order valence-corrected chi connectivity index (χ4v) is 2.66. The number of rotatable bonds is 7. The third kappa shape index (κ3) is 4.10. The maximum absolute atomic E-state index is 5.83. The predicted octanol–water partition coefficient (Wildman–Crippen LogP) is 2.84. The number of nitrogens with zero attached hydrogens (tertiary/aromatic N) is 2. The molecule has 1 fully saturated rings. The first kappa shape index (κ1) is 15.1. The van der Waals surface area contributed by atoms with Crippen LogP contribution in [0.25, 0.3) is 0 Å². The Morgan fingerprint density at radius 2 is 2.30 bits per heavy atom. The Bertz CT molecular complexity index is 391. The molecule has 1 aliphatic heterocycles. The molecule has 2 heterocycles. The highest BCUT2D eigenvalue weighted by Gasteiger charge is 2.19. The zero-order chi connectivity index (χ0) is 14.2. The Hall–Kier alpha value is -1.29. The second-order valence-corrected chi connectivity index (χ2v) is 5.36. The molecule has 1 saturated heterocycles. The Balaban J connectivity index is 2.05. The summed E-state index contributed by atoms with van der Waals surface area (Å²) in [5.41, 5.74) is 0. The molecule has 0 aromatic carbocycles. The fourth-order valence-electron chi connectivity index (χ4n) is 2.66. The van der Waals surface area contributed by atoms with E-state index >= 15 is 0 Å². The average Bonchev–Trinajstić information content (AvgIpc) is 2.52. The summed E-state index contributed by atoms with van der Waals surface area (Å²) in [6.45, 7) is 8.16. The summed E-state index contributed by atoms with van der Waals surface area (Å²) in [6.07, 6.45) is 6.76. The van der Waals surface area contributed by atoms with Gasteiger partial charge in [0, 0.05) is 25.3 Å². The van der Waals surface area contributed by atoms with E-state index in [4.69, 9.17) is 4.74 Å². The first-order valence-electron chi connectivity index (χ1n) is 7.91. The van der Waals surface area contributed by atoms with Crippen LogP contribution < -0.4 is 15.0 Å². The summed E-state index contributed by atoms with van der Waals surface area (Å²) in [7, 11) is 0. The summed E-state index contributed by atoms with van der Waals surface area (Å²) < 4.78 is 5.83. The van der Waals surface area contributed by atoms with Gasteiger partial charge in [0.2, 0.25) is 0 Å². The maximum atomic E-state index is 5.83. The molecule has 1 atom stereocenters. The van der Waals surface area contributed by atoms with E-state index in [1.807, 2.05) is 18.3 Å². The minimum Gasteiger partial charge on any atom is -0.490 e. The summed E-state index contributed by atoms with van der Waals surface area (Å²) >= 11 is 0. The van der Waals surface area contributed by atoms with Crippen LogP contribution in [0.1, 0.15) is 39.5 Å². The lowest BCUT2D eigenvalue weighted by molar-refractivity contribution is 0.315. The highest BCUT2D eigenvalue weighted by molar-refractivity contribution is 5.52. The number of likely N-dealkylation sites (N-methyl/N-ethyl adjacent to an activating group) is 1. The van der Waals surface area contributed by atoms with Crippen LogP contribution >= 0.6 is 0 Å². The van der Waals surface area contributed by atoms with Gasteiger partial charge in [0.1, 0.15) is 0 Å². The van der Waals surface area contributed by atoms with Gasteiger partial charge in [-0.2, -0.15) is 0 Å². The van der Waals surface area contributed by atoms with Crippen LogP contribution in [0.2, 0.25) is 0 Å².